The van der Waals surface area contributed by atoms with Crippen LogP contribution in [-0.2, 0) is 38.9 Å². The van der Waals surface area contributed by atoms with E-state index in [9.17, 15) is 19.5 Å². The summed E-state index contributed by atoms with van der Waals surface area (Å²) in [6.07, 6.45) is 13.0. The predicted octanol–water partition coefficient (Wildman–Crippen LogP) is 7.39. The first-order valence-electron chi connectivity index (χ1n) is 18.9. The molecule has 0 saturated heterocycles. The number of hydrogen-bond acceptors (Lipinski definition) is 12. The molecule has 0 atom stereocenters. The Hall–Kier alpha value is -6.25. The number of Topliss-reactive ketones (excluding diaryl/α,β-unsaturated/α-hetero) is 2. The predicted molar refractivity (Wildman–Crippen MR) is 232 cm³/mol. The SMILES string of the molecule is Brc1ncccn1.C.CC(=O)c1cccc2c1CN(c1ncccn1)CC2.CC(=O)c1cccc2c1CNCC2.O=C(O)c1cccc2c1CN(c1ncccn1)CC2. The maximum atomic E-state index is 11.7. The number of hydrogen-bond donors (Lipinski definition) is 2. The molecule has 304 valence electrons. The molecule has 0 fully saturated rings. The monoisotopic (exact) mass is 857 g/mol. The summed E-state index contributed by atoms with van der Waals surface area (Å²) in [6.45, 7) is 8.05. The van der Waals surface area contributed by atoms with E-state index in [2.05, 4.69) is 68.2 Å². The van der Waals surface area contributed by atoms with Crippen LogP contribution in [-0.4, -0.2) is 72.2 Å². The van der Waals surface area contributed by atoms with Gasteiger partial charge >= 0.3 is 5.97 Å². The number of benzene rings is 3. The first-order valence-corrected chi connectivity index (χ1v) is 19.7. The fourth-order valence-electron chi connectivity index (χ4n) is 7.07. The van der Waals surface area contributed by atoms with Gasteiger partial charge in [-0.3, -0.25) is 9.59 Å². The molecule has 3 aromatic carbocycles. The molecule has 6 aromatic rings. The van der Waals surface area contributed by atoms with Crippen LogP contribution in [0, 0.1) is 0 Å². The number of ketones is 2. The quantitative estimate of drug-likeness (QED) is 0.130. The number of anilines is 2. The maximum absolute atomic E-state index is 11.7. The third kappa shape index (κ3) is 11.7. The average Bonchev–Trinajstić information content (AvgIpc) is 3.27. The molecule has 0 spiro atoms. The van der Waals surface area contributed by atoms with Gasteiger partial charge in [0.1, 0.15) is 0 Å². The zero-order valence-electron chi connectivity index (χ0n) is 32.4. The van der Waals surface area contributed by atoms with Gasteiger partial charge in [0, 0.05) is 81.0 Å². The molecule has 3 aromatic heterocycles. The van der Waals surface area contributed by atoms with Gasteiger partial charge in [-0.2, -0.15) is 0 Å². The van der Waals surface area contributed by atoms with E-state index in [4.69, 9.17) is 0 Å². The highest BCUT2D eigenvalue weighted by Gasteiger charge is 2.24. The molecule has 14 heteroatoms. The van der Waals surface area contributed by atoms with Crippen LogP contribution in [0.15, 0.2) is 115 Å². The van der Waals surface area contributed by atoms with E-state index in [-0.39, 0.29) is 19.0 Å². The molecule has 0 radical (unpaired) electrons. The number of carboxylic acids is 1. The van der Waals surface area contributed by atoms with Crippen LogP contribution < -0.4 is 15.1 Å². The summed E-state index contributed by atoms with van der Waals surface area (Å²) in [7, 11) is 0. The van der Waals surface area contributed by atoms with E-state index >= 15 is 0 Å². The van der Waals surface area contributed by atoms with Gasteiger partial charge in [-0.05, 0) is 113 Å². The Kier molecular flexibility index (Phi) is 16.0. The molecule has 0 bridgehead atoms. The van der Waals surface area contributed by atoms with Crippen LogP contribution in [0.4, 0.5) is 11.9 Å². The summed E-state index contributed by atoms with van der Waals surface area (Å²) in [5.41, 5.74) is 8.95. The van der Waals surface area contributed by atoms with Crippen molar-refractivity contribution in [1.82, 2.24) is 35.2 Å². The van der Waals surface area contributed by atoms with Gasteiger partial charge in [0.15, 0.2) is 16.3 Å². The molecular formula is C45H48BrN9O4. The van der Waals surface area contributed by atoms with Crippen molar-refractivity contribution in [1.29, 1.82) is 0 Å². The first-order chi connectivity index (χ1) is 28.2. The second-order valence-corrected chi connectivity index (χ2v) is 14.3. The van der Waals surface area contributed by atoms with Crippen LogP contribution in [0.3, 0.4) is 0 Å². The normalized spacial score (nSPS) is 13.4. The highest BCUT2D eigenvalue weighted by atomic mass is 79.9. The summed E-state index contributed by atoms with van der Waals surface area (Å²) in [4.78, 5) is 63.0. The van der Waals surface area contributed by atoms with Gasteiger partial charge in [0.2, 0.25) is 11.9 Å². The zero-order chi connectivity index (χ0) is 40.9. The third-order valence-corrected chi connectivity index (χ3v) is 10.3. The number of rotatable bonds is 5. The number of carbonyl (C=O) groups is 3. The number of fused-ring (bicyclic) bond motifs is 3. The molecule has 6 heterocycles. The van der Waals surface area contributed by atoms with Crippen LogP contribution >= 0.6 is 15.9 Å². The number of halogens is 1. The van der Waals surface area contributed by atoms with Crippen LogP contribution in [0.25, 0.3) is 0 Å². The Morgan fingerprint density at radius 1 is 0.576 bits per heavy atom. The number of aromatic carboxylic acids is 1. The zero-order valence-corrected chi connectivity index (χ0v) is 34.0. The van der Waals surface area contributed by atoms with Gasteiger partial charge in [-0.25, -0.2) is 34.7 Å². The maximum Gasteiger partial charge on any atom is 0.336 e. The average molecular weight is 859 g/mol. The van der Waals surface area contributed by atoms with Crippen molar-refractivity contribution >= 4 is 45.4 Å². The lowest BCUT2D eigenvalue weighted by atomic mass is 9.93. The van der Waals surface area contributed by atoms with Gasteiger partial charge in [0.25, 0.3) is 0 Å². The Morgan fingerprint density at radius 3 is 1.41 bits per heavy atom. The second kappa shape index (κ2) is 21.5. The minimum atomic E-state index is -0.882. The summed E-state index contributed by atoms with van der Waals surface area (Å²) >= 11 is 3.09. The van der Waals surface area contributed by atoms with E-state index in [1.54, 1.807) is 75.3 Å². The minimum Gasteiger partial charge on any atom is -0.478 e. The third-order valence-electron chi connectivity index (χ3n) is 9.89. The highest BCUT2D eigenvalue weighted by molar-refractivity contribution is 9.10. The van der Waals surface area contributed by atoms with Crippen molar-refractivity contribution in [2.75, 3.05) is 29.4 Å². The van der Waals surface area contributed by atoms with Crippen molar-refractivity contribution in [2.45, 2.75) is 60.2 Å². The van der Waals surface area contributed by atoms with Gasteiger partial charge in [0.05, 0.1) is 5.56 Å². The lowest BCUT2D eigenvalue weighted by Crippen LogP contribution is -2.32. The van der Waals surface area contributed by atoms with E-state index in [1.165, 1.54) is 16.7 Å². The van der Waals surface area contributed by atoms with Gasteiger partial charge < -0.3 is 20.2 Å². The molecular weight excluding hydrogens is 810 g/mol. The van der Waals surface area contributed by atoms with E-state index in [0.717, 1.165) is 79.2 Å². The number of nitrogens with zero attached hydrogens (tertiary/aromatic N) is 8. The van der Waals surface area contributed by atoms with Crippen molar-refractivity contribution < 1.29 is 19.5 Å². The van der Waals surface area contributed by atoms with E-state index in [0.29, 0.717) is 29.3 Å². The second-order valence-electron chi connectivity index (χ2n) is 13.6. The standard InChI is InChI=1S/C15H15N3O.C14H13N3O2.C11H13NO.C4H3BrN2.CH4/c1-11(19)13-5-2-4-12-6-9-18(10-14(12)13)15-16-7-3-8-17-15;18-13(19)11-4-1-3-10-5-8-17(9-12(10)11)14-15-6-2-7-16-14;1-8(13)10-4-2-3-9-5-6-12-7-11(9)10;5-4-6-2-1-3-7-4;/h2-5,7-8H,6,9-10H2,1H3;1-4,6-7H,5,8-9H2,(H,18,19);2-4,12H,5-7H2,1H3;1-3H;1H4. The fourth-order valence-corrected chi connectivity index (χ4v) is 7.30. The van der Waals surface area contributed by atoms with Gasteiger partial charge in [-0.1, -0.05) is 56.0 Å². The molecule has 0 aliphatic carbocycles. The molecule has 0 amide bonds. The van der Waals surface area contributed by atoms with E-state index in [1.807, 2.05) is 41.3 Å². The summed E-state index contributed by atoms with van der Waals surface area (Å²) in [5.74, 6) is 0.778. The minimum absolute atomic E-state index is 0. The van der Waals surface area contributed by atoms with Crippen molar-refractivity contribution in [3.63, 3.8) is 0 Å². The number of carbonyl (C=O) groups excluding carboxylic acids is 2. The summed E-state index contributed by atoms with van der Waals surface area (Å²) in [6, 6.07) is 22.7. The molecule has 2 N–H and O–H groups in total. The number of carboxylic acid groups (broad SMARTS) is 1. The molecule has 0 unspecified atom stereocenters. The topological polar surface area (TPSA) is 167 Å². The van der Waals surface area contributed by atoms with Crippen LogP contribution in [0.2, 0.25) is 0 Å². The lowest BCUT2D eigenvalue weighted by Gasteiger charge is -2.29. The fraction of sp³-hybridized carbons (Fsp3) is 0.267. The van der Waals surface area contributed by atoms with E-state index < -0.39 is 5.97 Å². The molecule has 13 nitrogen and oxygen atoms in total. The first kappa shape index (κ1) is 43.9. The Morgan fingerprint density at radius 2 is 0.983 bits per heavy atom. The number of nitrogens with one attached hydrogen (secondary N) is 1. The van der Waals surface area contributed by atoms with Gasteiger partial charge in [-0.15, -0.1) is 0 Å². The van der Waals surface area contributed by atoms with Crippen molar-refractivity contribution in [2.24, 2.45) is 0 Å². The molecule has 59 heavy (non-hydrogen) atoms. The molecule has 9 rings (SSSR count). The molecule has 3 aliphatic rings. The molecule has 3 aliphatic heterocycles. The Bertz CT molecular complexity index is 2220. The summed E-state index contributed by atoms with van der Waals surface area (Å²) in [5, 5.41) is 12.5. The number of aromatic nitrogens is 6. The molecule has 0 saturated carbocycles. The van der Waals surface area contributed by atoms with Crippen molar-refractivity contribution in [3.05, 3.63) is 165 Å². The van der Waals surface area contributed by atoms with Crippen LogP contribution in [0.5, 0.6) is 0 Å². The van der Waals surface area contributed by atoms with Crippen LogP contribution in [0.1, 0.15) is 85.7 Å². The lowest BCUT2D eigenvalue weighted by molar-refractivity contribution is 0.0694. The Labute approximate surface area is 353 Å². The Balaban J connectivity index is 0.000000156. The van der Waals surface area contributed by atoms with Crippen molar-refractivity contribution in [3.8, 4) is 0 Å². The largest absolute Gasteiger partial charge is 0.478 e. The smallest absolute Gasteiger partial charge is 0.336 e. The summed E-state index contributed by atoms with van der Waals surface area (Å²) < 4.78 is 0.634. The highest BCUT2D eigenvalue weighted by Crippen LogP contribution is 2.26.